The zero-order valence-electron chi connectivity index (χ0n) is 9.86. The molecule has 0 spiro atoms. The Morgan fingerprint density at radius 3 is 2.50 bits per heavy atom. The highest BCUT2D eigenvalue weighted by atomic mass is 32.2. The van der Waals surface area contributed by atoms with Gasteiger partial charge in [-0.2, -0.15) is 0 Å². The molecule has 108 valence electrons. The Morgan fingerprint density at radius 2 is 1.90 bits per heavy atom. The number of halogens is 3. The van der Waals surface area contributed by atoms with Crippen molar-refractivity contribution in [2.24, 2.45) is 5.73 Å². The molecule has 0 saturated carbocycles. The number of rotatable bonds is 4. The topological polar surface area (TPSA) is 72.2 Å². The van der Waals surface area contributed by atoms with Gasteiger partial charge in [-0.05, 0) is 6.07 Å². The van der Waals surface area contributed by atoms with Gasteiger partial charge in [-0.3, -0.25) is 4.72 Å². The fourth-order valence-corrected chi connectivity index (χ4v) is 3.65. The fourth-order valence-electron chi connectivity index (χ4n) is 1.44. The van der Waals surface area contributed by atoms with Crippen LogP contribution in [0.15, 0.2) is 28.5 Å². The molecule has 1 aromatic heterocycles. The molecule has 0 amide bonds. The zero-order chi connectivity index (χ0) is 14.9. The van der Waals surface area contributed by atoms with Gasteiger partial charge in [0.25, 0.3) is 10.0 Å². The lowest BCUT2D eigenvalue weighted by atomic mass is 10.3. The van der Waals surface area contributed by atoms with E-state index in [0.717, 1.165) is 11.3 Å². The van der Waals surface area contributed by atoms with Gasteiger partial charge < -0.3 is 5.73 Å². The van der Waals surface area contributed by atoms with Crippen LogP contribution in [0.4, 0.5) is 18.9 Å². The maximum atomic E-state index is 13.4. The smallest absolute Gasteiger partial charge is 0.262 e. The highest BCUT2D eigenvalue weighted by molar-refractivity contribution is 7.92. The van der Waals surface area contributed by atoms with Gasteiger partial charge in [0, 0.05) is 28.9 Å². The van der Waals surface area contributed by atoms with Crippen LogP contribution in [-0.4, -0.2) is 8.42 Å². The van der Waals surface area contributed by atoms with Crippen LogP contribution in [0.3, 0.4) is 0 Å². The zero-order valence-corrected chi connectivity index (χ0v) is 11.5. The minimum atomic E-state index is -4.13. The van der Waals surface area contributed by atoms with Crippen molar-refractivity contribution in [1.29, 1.82) is 0 Å². The van der Waals surface area contributed by atoms with Gasteiger partial charge in [0.05, 0.1) is 10.6 Å². The third-order valence-electron chi connectivity index (χ3n) is 2.38. The lowest BCUT2D eigenvalue weighted by Gasteiger charge is -2.08. The van der Waals surface area contributed by atoms with Crippen molar-refractivity contribution in [1.82, 2.24) is 0 Å². The number of thiophene rings is 1. The van der Waals surface area contributed by atoms with Crippen molar-refractivity contribution in [3.05, 3.63) is 45.9 Å². The first kappa shape index (κ1) is 14.8. The molecule has 0 aliphatic carbocycles. The monoisotopic (exact) mass is 322 g/mol. The van der Waals surface area contributed by atoms with Crippen molar-refractivity contribution in [3.63, 3.8) is 0 Å². The number of nitrogens with one attached hydrogen (secondary N) is 1. The van der Waals surface area contributed by atoms with Crippen LogP contribution in [0.5, 0.6) is 0 Å². The summed E-state index contributed by atoms with van der Waals surface area (Å²) in [5.74, 6) is -4.03. The molecule has 0 radical (unpaired) electrons. The van der Waals surface area contributed by atoms with E-state index in [1.165, 1.54) is 11.4 Å². The van der Waals surface area contributed by atoms with Gasteiger partial charge in [-0.1, -0.05) is 0 Å². The Hall–Kier alpha value is -1.58. The molecule has 0 unspecified atom stereocenters. The van der Waals surface area contributed by atoms with Gasteiger partial charge in [0.2, 0.25) is 0 Å². The van der Waals surface area contributed by atoms with E-state index in [0.29, 0.717) is 17.0 Å². The molecule has 0 bridgehead atoms. The van der Waals surface area contributed by atoms with E-state index in [1.54, 1.807) is 4.72 Å². The number of hydrogen-bond donors (Lipinski definition) is 2. The van der Waals surface area contributed by atoms with Crippen molar-refractivity contribution in [2.75, 3.05) is 4.72 Å². The lowest BCUT2D eigenvalue weighted by molar-refractivity contribution is 0.498. The van der Waals surface area contributed by atoms with Gasteiger partial charge in [-0.15, -0.1) is 11.3 Å². The Kier molecular flexibility index (Phi) is 4.02. The Balaban J connectivity index is 2.38. The predicted octanol–water partition coefficient (Wildman–Crippen LogP) is 2.42. The molecule has 9 heteroatoms. The number of benzene rings is 1. The summed E-state index contributed by atoms with van der Waals surface area (Å²) in [4.78, 5) is 0.461. The molecular weight excluding hydrogens is 313 g/mol. The minimum Gasteiger partial charge on any atom is -0.326 e. The van der Waals surface area contributed by atoms with Gasteiger partial charge in [-0.25, -0.2) is 21.6 Å². The van der Waals surface area contributed by atoms with Gasteiger partial charge in [0.1, 0.15) is 5.82 Å². The largest absolute Gasteiger partial charge is 0.326 e. The molecule has 0 fully saturated rings. The predicted molar refractivity (Wildman–Crippen MR) is 69.3 cm³/mol. The van der Waals surface area contributed by atoms with Crippen LogP contribution in [0.2, 0.25) is 0 Å². The standard InChI is InChI=1S/C11H9F3N2O2S2/c12-6-1-9(13)11(14)10(2-6)16-20(17,18)8-3-7(4-15)19-5-8/h1-3,5,16H,4,15H2. The van der Waals surface area contributed by atoms with Crippen LogP contribution >= 0.6 is 11.3 Å². The molecular formula is C11H9F3N2O2S2. The van der Waals surface area contributed by atoms with Crippen molar-refractivity contribution < 1.29 is 21.6 Å². The summed E-state index contributed by atoms with van der Waals surface area (Å²) in [5.41, 5.74) is 4.57. The van der Waals surface area contributed by atoms with Gasteiger partial charge in [0.15, 0.2) is 11.6 Å². The van der Waals surface area contributed by atoms with E-state index in [-0.39, 0.29) is 11.4 Å². The van der Waals surface area contributed by atoms with Gasteiger partial charge >= 0.3 is 0 Å². The first-order chi connectivity index (χ1) is 9.33. The number of nitrogens with two attached hydrogens (primary N) is 1. The van der Waals surface area contributed by atoms with E-state index in [4.69, 9.17) is 5.73 Å². The normalized spacial score (nSPS) is 11.6. The second kappa shape index (κ2) is 5.43. The van der Waals surface area contributed by atoms with E-state index >= 15 is 0 Å². The molecule has 3 N–H and O–H groups in total. The highest BCUT2D eigenvalue weighted by Crippen LogP contribution is 2.25. The summed E-state index contributed by atoms with van der Waals surface area (Å²) in [5, 5.41) is 1.30. The summed E-state index contributed by atoms with van der Waals surface area (Å²) < 4.78 is 65.1. The third kappa shape index (κ3) is 2.94. The molecule has 2 aromatic rings. The van der Waals surface area contributed by atoms with E-state index < -0.39 is 33.2 Å². The second-order valence-corrected chi connectivity index (χ2v) is 6.49. The van der Waals surface area contributed by atoms with E-state index in [2.05, 4.69) is 0 Å². The summed E-state index contributed by atoms with van der Waals surface area (Å²) in [6, 6.07) is 2.19. The number of anilines is 1. The fraction of sp³-hybridized carbons (Fsp3) is 0.0909. The number of sulfonamides is 1. The summed E-state index contributed by atoms with van der Waals surface area (Å²) >= 11 is 1.11. The SMILES string of the molecule is NCc1cc(S(=O)(=O)Nc2cc(F)cc(F)c2F)cs1. The van der Waals surface area contributed by atoms with E-state index in [1.807, 2.05) is 0 Å². The van der Waals surface area contributed by atoms with E-state index in [9.17, 15) is 21.6 Å². The Morgan fingerprint density at radius 1 is 1.20 bits per heavy atom. The second-order valence-electron chi connectivity index (χ2n) is 3.81. The summed E-state index contributed by atoms with van der Waals surface area (Å²) in [7, 11) is -4.13. The van der Waals surface area contributed by atoms with Crippen molar-refractivity contribution in [2.45, 2.75) is 11.4 Å². The lowest BCUT2D eigenvalue weighted by Crippen LogP contribution is -2.14. The maximum absolute atomic E-state index is 13.4. The summed E-state index contributed by atoms with van der Waals surface area (Å²) in [6.45, 7) is 0.156. The minimum absolute atomic E-state index is 0.146. The molecule has 0 saturated heterocycles. The molecule has 4 nitrogen and oxygen atoms in total. The maximum Gasteiger partial charge on any atom is 0.262 e. The van der Waals surface area contributed by atoms with Crippen LogP contribution in [0.25, 0.3) is 0 Å². The molecule has 2 rings (SSSR count). The highest BCUT2D eigenvalue weighted by Gasteiger charge is 2.20. The Labute approximate surface area is 117 Å². The van der Waals surface area contributed by atoms with Crippen LogP contribution in [0, 0.1) is 17.5 Å². The first-order valence-electron chi connectivity index (χ1n) is 5.28. The molecule has 1 aromatic carbocycles. The van der Waals surface area contributed by atoms with Crippen LogP contribution < -0.4 is 10.5 Å². The molecule has 0 atom stereocenters. The first-order valence-corrected chi connectivity index (χ1v) is 7.64. The van der Waals surface area contributed by atoms with Crippen molar-refractivity contribution in [3.8, 4) is 0 Å². The average molecular weight is 322 g/mol. The Bertz CT molecular complexity index is 744. The molecule has 1 heterocycles. The quantitative estimate of drug-likeness (QED) is 0.849. The average Bonchev–Trinajstić information content (AvgIpc) is 2.84. The van der Waals surface area contributed by atoms with Crippen LogP contribution in [-0.2, 0) is 16.6 Å². The van der Waals surface area contributed by atoms with Crippen molar-refractivity contribution >= 4 is 27.0 Å². The third-order valence-corrected chi connectivity index (χ3v) is 4.83. The summed E-state index contributed by atoms with van der Waals surface area (Å²) in [6.07, 6.45) is 0. The molecule has 20 heavy (non-hydrogen) atoms. The number of hydrogen-bond acceptors (Lipinski definition) is 4. The van der Waals surface area contributed by atoms with Crippen LogP contribution in [0.1, 0.15) is 4.88 Å². The molecule has 0 aliphatic heterocycles. The molecule has 0 aliphatic rings.